The first-order valence-electron chi connectivity index (χ1n) is 9.87. The third kappa shape index (κ3) is 3.93. The summed E-state index contributed by atoms with van der Waals surface area (Å²) in [5, 5.41) is 0.916. The fourth-order valence-corrected chi connectivity index (χ4v) is 4.70. The Morgan fingerprint density at radius 2 is 1.55 bits per heavy atom. The smallest absolute Gasteiger partial charge is 0.254 e. The quantitative estimate of drug-likeness (QED) is 0.579. The van der Waals surface area contributed by atoms with Gasteiger partial charge in [-0.05, 0) is 30.3 Å². The molecule has 2 aromatic carbocycles. The molecule has 0 radical (unpaired) electrons. The summed E-state index contributed by atoms with van der Waals surface area (Å²) in [5.41, 5.74) is 1.38. The molecule has 0 atom stereocenters. The molecule has 0 unspecified atom stereocenters. The minimum absolute atomic E-state index is 0.0173. The van der Waals surface area contributed by atoms with Crippen molar-refractivity contribution < 1.29 is 23.7 Å². The second-order valence-electron chi connectivity index (χ2n) is 6.99. The summed E-state index contributed by atoms with van der Waals surface area (Å²) in [6.07, 6.45) is 0. The highest BCUT2D eigenvalue weighted by Crippen LogP contribution is 2.40. The number of hydrogen-bond donors (Lipinski definition) is 0. The molecule has 1 aliphatic rings. The monoisotopic (exact) mass is 443 g/mol. The fraction of sp³-hybridized carbons (Fsp3) is 0.364. The highest BCUT2D eigenvalue weighted by molar-refractivity contribution is 7.22. The number of rotatable bonds is 6. The Labute approximate surface area is 184 Å². The van der Waals surface area contributed by atoms with E-state index in [1.54, 1.807) is 58.0 Å². The maximum absolute atomic E-state index is 13.0. The summed E-state index contributed by atoms with van der Waals surface area (Å²) in [6, 6.07) is 9.13. The third-order valence-electron chi connectivity index (χ3n) is 5.36. The van der Waals surface area contributed by atoms with E-state index in [1.807, 2.05) is 17.0 Å². The van der Waals surface area contributed by atoms with Crippen molar-refractivity contribution in [2.75, 3.05) is 59.5 Å². The number of benzene rings is 2. The molecular formula is C22H25N3O5S. The van der Waals surface area contributed by atoms with Gasteiger partial charge in [-0.1, -0.05) is 11.3 Å². The van der Waals surface area contributed by atoms with Crippen LogP contribution in [-0.2, 0) is 0 Å². The molecule has 1 amide bonds. The SMILES string of the molecule is COc1ccc(C(=O)N2CCN(c3nc4c(OC)c(OC)ccc4s3)CC2)cc1OC. The lowest BCUT2D eigenvalue weighted by Crippen LogP contribution is -2.48. The van der Waals surface area contributed by atoms with Gasteiger partial charge >= 0.3 is 0 Å². The van der Waals surface area contributed by atoms with Gasteiger partial charge in [-0.3, -0.25) is 4.79 Å². The zero-order chi connectivity index (χ0) is 22.0. The number of thiazole rings is 1. The molecule has 1 saturated heterocycles. The fourth-order valence-electron chi connectivity index (χ4n) is 3.69. The van der Waals surface area contributed by atoms with Crippen LogP contribution in [0.15, 0.2) is 30.3 Å². The van der Waals surface area contributed by atoms with E-state index in [0.717, 1.165) is 15.3 Å². The molecular weight excluding hydrogens is 418 g/mol. The number of ether oxygens (including phenoxy) is 4. The van der Waals surface area contributed by atoms with E-state index < -0.39 is 0 Å². The molecule has 0 saturated carbocycles. The van der Waals surface area contributed by atoms with Gasteiger partial charge in [0.15, 0.2) is 28.1 Å². The van der Waals surface area contributed by atoms with Gasteiger partial charge in [0, 0.05) is 31.7 Å². The van der Waals surface area contributed by atoms with E-state index in [1.165, 1.54) is 0 Å². The molecule has 1 aliphatic heterocycles. The minimum Gasteiger partial charge on any atom is -0.493 e. The maximum Gasteiger partial charge on any atom is 0.254 e. The second kappa shape index (κ2) is 8.89. The van der Waals surface area contributed by atoms with Gasteiger partial charge in [-0.15, -0.1) is 0 Å². The molecule has 1 aromatic heterocycles. The van der Waals surface area contributed by atoms with Crippen molar-refractivity contribution in [2.24, 2.45) is 0 Å². The van der Waals surface area contributed by atoms with Gasteiger partial charge in [0.05, 0.1) is 33.1 Å². The van der Waals surface area contributed by atoms with Gasteiger partial charge in [0.1, 0.15) is 5.52 Å². The van der Waals surface area contributed by atoms with Crippen molar-refractivity contribution in [1.29, 1.82) is 0 Å². The van der Waals surface area contributed by atoms with Crippen LogP contribution >= 0.6 is 11.3 Å². The van der Waals surface area contributed by atoms with Crippen LogP contribution in [0.1, 0.15) is 10.4 Å². The number of carbonyl (C=O) groups is 1. The lowest BCUT2D eigenvalue weighted by Gasteiger charge is -2.34. The average molecular weight is 444 g/mol. The van der Waals surface area contributed by atoms with E-state index >= 15 is 0 Å². The van der Waals surface area contributed by atoms with Crippen LogP contribution in [0.4, 0.5) is 5.13 Å². The van der Waals surface area contributed by atoms with Crippen LogP contribution in [0.25, 0.3) is 10.2 Å². The van der Waals surface area contributed by atoms with Crippen molar-refractivity contribution in [3.05, 3.63) is 35.9 Å². The number of anilines is 1. The highest BCUT2D eigenvalue weighted by Gasteiger charge is 2.25. The average Bonchev–Trinajstić information content (AvgIpc) is 3.26. The van der Waals surface area contributed by atoms with E-state index in [2.05, 4.69) is 4.90 Å². The molecule has 2 heterocycles. The standard InChI is InChI=1S/C22H25N3O5S/c1-27-15-6-5-14(13-17(15)29-3)21(26)24-9-11-25(12-10-24)22-23-19-18(31-22)8-7-16(28-2)20(19)30-4/h5-8,13H,9-12H2,1-4H3. The zero-order valence-electron chi connectivity index (χ0n) is 18.0. The second-order valence-corrected chi connectivity index (χ2v) is 8.00. The predicted molar refractivity (Wildman–Crippen MR) is 120 cm³/mol. The van der Waals surface area contributed by atoms with Crippen LogP contribution in [0.3, 0.4) is 0 Å². The number of aromatic nitrogens is 1. The molecule has 0 aliphatic carbocycles. The summed E-state index contributed by atoms with van der Waals surface area (Å²) < 4.78 is 22.5. The van der Waals surface area contributed by atoms with Gasteiger partial charge in [-0.25, -0.2) is 4.98 Å². The molecule has 31 heavy (non-hydrogen) atoms. The third-order valence-corrected chi connectivity index (χ3v) is 6.44. The zero-order valence-corrected chi connectivity index (χ0v) is 18.8. The largest absolute Gasteiger partial charge is 0.493 e. The normalized spacial score (nSPS) is 13.9. The Balaban J connectivity index is 1.48. The first-order valence-corrected chi connectivity index (χ1v) is 10.7. The van der Waals surface area contributed by atoms with Crippen molar-refractivity contribution in [3.8, 4) is 23.0 Å². The molecule has 3 aromatic rings. The van der Waals surface area contributed by atoms with Crippen molar-refractivity contribution in [2.45, 2.75) is 0 Å². The number of methoxy groups -OCH3 is 4. The van der Waals surface area contributed by atoms with E-state index in [-0.39, 0.29) is 5.91 Å². The molecule has 4 rings (SSSR count). The van der Waals surface area contributed by atoms with Crippen LogP contribution in [-0.4, -0.2) is 70.4 Å². The number of fused-ring (bicyclic) bond motifs is 1. The van der Waals surface area contributed by atoms with Crippen LogP contribution < -0.4 is 23.8 Å². The van der Waals surface area contributed by atoms with Gasteiger partial charge in [0.2, 0.25) is 0 Å². The number of nitrogens with zero attached hydrogens (tertiary/aromatic N) is 3. The topological polar surface area (TPSA) is 73.4 Å². The summed E-state index contributed by atoms with van der Waals surface area (Å²) in [5.74, 6) is 2.44. The van der Waals surface area contributed by atoms with Crippen molar-refractivity contribution in [3.63, 3.8) is 0 Å². The predicted octanol–water partition coefficient (Wildman–Crippen LogP) is 3.29. The van der Waals surface area contributed by atoms with E-state index in [9.17, 15) is 4.79 Å². The Kier molecular flexibility index (Phi) is 6.03. The Morgan fingerprint density at radius 3 is 2.19 bits per heavy atom. The van der Waals surface area contributed by atoms with Gasteiger partial charge < -0.3 is 28.7 Å². The number of carbonyl (C=O) groups excluding carboxylic acids is 1. The number of hydrogen-bond acceptors (Lipinski definition) is 8. The highest BCUT2D eigenvalue weighted by atomic mass is 32.1. The van der Waals surface area contributed by atoms with Crippen LogP contribution in [0.5, 0.6) is 23.0 Å². The molecule has 1 fully saturated rings. The lowest BCUT2D eigenvalue weighted by atomic mass is 10.1. The summed E-state index contributed by atoms with van der Waals surface area (Å²) in [7, 11) is 6.38. The van der Waals surface area contributed by atoms with E-state index in [4.69, 9.17) is 23.9 Å². The van der Waals surface area contributed by atoms with E-state index in [0.29, 0.717) is 54.7 Å². The number of piperazine rings is 1. The van der Waals surface area contributed by atoms with Gasteiger partial charge in [-0.2, -0.15) is 0 Å². The van der Waals surface area contributed by atoms with Crippen molar-refractivity contribution in [1.82, 2.24) is 9.88 Å². The van der Waals surface area contributed by atoms with Crippen LogP contribution in [0.2, 0.25) is 0 Å². The Bertz CT molecular complexity index is 1090. The first kappa shape index (κ1) is 21.0. The summed E-state index contributed by atoms with van der Waals surface area (Å²) >= 11 is 1.61. The molecule has 8 nitrogen and oxygen atoms in total. The molecule has 0 N–H and O–H groups in total. The summed E-state index contributed by atoms with van der Waals surface area (Å²) in [4.78, 5) is 21.8. The Morgan fingerprint density at radius 1 is 0.871 bits per heavy atom. The molecule has 9 heteroatoms. The first-order chi connectivity index (χ1) is 15.1. The summed E-state index contributed by atoms with van der Waals surface area (Å²) in [6.45, 7) is 2.64. The minimum atomic E-state index is -0.0173. The number of amides is 1. The Hall–Kier alpha value is -3.20. The lowest BCUT2D eigenvalue weighted by molar-refractivity contribution is 0.0746. The van der Waals surface area contributed by atoms with Crippen molar-refractivity contribution >= 4 is 32.6 Å². The molecule has 164 valence electrons. The molecule has 0 bridgehead atoms. The molecule has 0 spiro atoms. The van der Waals surface area contributed by atoms with Gasteiger partial charge in [0.25, 0.3) is 5.91 Å². The van der Waals surface area contributed by atoms with Crippen LogP contribution in [0, 0.1) is 0 Å². The maximum atomic E-state index is 13.0.